The van der Waals surface area contributed by atoms with Gasteiger partial charge in [0.1, 0.15) is 12.0 Å². The Morgan fingerprint density at radius 2 is 2.58 bits per heavy atom. The van der Waals surface area contributed by atoms with Crippen LogP contribution in [0.4, 0.5) is 0 Å². The van der Waals surface area contributed by atoms with Crippen molar-refractivity contribution in [1.29, 1.82) is 0 Å². The van der Waals surface area contributed by atoms with Crippen LogP contribution in [0.3, 0.4) is 0 Å². The van der Waals surface area contributed by atoms with Crippen LogP contribution in [0.1, 0.15) is 18.0 Å². The normalized spacial score (nSPS) is 24.3. The predicted octanol–water partition coefficient (Wildman–Crippen LogP) is 0.321. The highest BCUT2D eigenvalue weighted by atomic mass is 16.5. The Morgan fingerprint density at radius 3 is 3.25 bits per heavy atom. The van der Waals surface area contributed by atoms with Gasteiger partial charge in [-0.05, 0) is 0 Å². The van der Waals surface area contributed by atoms with Gasteiger partial charge in [-0.25, -0.2) is 0 Å². The maximum absolute atomic E-state index is 11.4. The first-order chi connectivity index (χ1) is 5.88. The Labute approximate surface area is 69.9 Å². The number of carbonyl (C=O) groups excluding carboxylic acids is 1. The van der Waals surface area contributed by atoms with Crippen molar-refractivity contribution in [2.75, 3.05) is 13.1 Å². The quantitative estimate of drug-likeness (QED) is 0.652. The molecule has 1 N–H and O–H groups in total. The minimum Gasteiger partial charge on any atom is -0.364 e. The predicted molar refractivity (Wildman–Crippen MR) is 41.7 cm³/mol. The molecule has 1 fully saturated rings. The van der Waals surface area contributed by atoms with Gasteiger partial charge < -0.3 is 9.84 Å². The molecule has 0 bridgehead atoms. The molecule has 64 valence electrons. The van der Waals surface area contributed by atoms with E-state index in [1.54, 1.807) is 6.07 Å². The molecular weight excluding hydrogens is 156 g/mol. The number of hydrogen-bond acceptors (Lipinski definition) is 4. The Kier molecular flexibility index (Phi) is 1.91. The summed E-state index contributed by atoms with van der Waals surface area (Å²) in [5.41, 5.74) is 0.743. The SMILES string of the molecule is O=C1CCNCC1c1ccon1. The molecule has 1 aromatic rings. The molecule has 1 aliphatic heterocycles. The Balaban J connectivity index is 2.17. The van der Waals surface area contributed by atoms with Gasteiger partial charge in [-0.3, -0.25) is 4.79 Å². The highest BCUT2D eigenvalue weighted by Gasteiger charge is 2.25. The zero-order valence-corrected chi connectivity index (χ0v) is 6.62. The molecule has 1 aromatic heterocycles. The Hall–Kier alpha value is -1.16. The lowest BCUT2D eigenvalue weighted by molar-refractivity contribution is -0.121. The van der Waals surface area contributed by atoms with Crippen molar-refractivity contribution in [3.8, 4) is 0 Å². The molecule has 12 heavy (non-hydrogen) atoms. The van der Waals surface area contributed by atoms with Gasteiger partial charge in [0.25, 0.3) is 0 Å². The highest BCUT2D eigenvalue weighted by Crippen LogP contribution is 2.17. The third-order valence-electron chi connectivity index (χ3n) is 2.10. The fourth-order valence-corrected chi connectivity index (χ4v) is 1.42. The molecule has 2 heterocycles. The van der Waals surface area contributed by atoms with Gasteiger partial charge in [-0.2, -0.15) is 0 Å². The first-order valence-corrected chi connectivity index (χ1v) is 4.01. The van der Waals surface area contributed by atoms with E-state index in [0.29, 0.717) is 13.0 Å². The van der Waals surface area contributed by atoms with Crippen LogP contribution < -0.4 is 5.32 Å². The Morgan fingerprint density at radius 1 is 1.67 bits per heavy atom. The topological polar surface area (TPSA) is 55.1 Å². The van der Waals surface area contributed by atoms with E-state index in [1.807, 2.05) is 0 Å². The van der Waals surface area contributed by atoms with Crippen LogP contribution in [0, 0.1) is 0 Å². The van der Waals surface area contributed by atoms with Gasteiger partial charge in [-0.1, -0.05) is 5.16 Å². The molecule has 0 aromatic carbocycles. The average molecular weight is 166 g/mol. The summed E-state index contributed by atoms with van der Waals surface area (Å²) in [5.74, 6) is 0.153. The number of hydrogen-bond donors (Lipinski definition) is 1. The van der Waals surface area contributed by atoms with Crippen molar-refractivity contribution >= 4 is 5.78 Å². The summed E-state index contributed by atoms with van der Waals surface area (Å²) in [7, 11) is 0. The zero-order chi connectivity index (χ0) is 8.39. The second-order valence-corrected chi connectivity index (χ2v) is 2.90. The molecule has 1 saturated heterocycles. The standard InChI is InChI=1S/C8H10N2O2/c11-8-1-3-9-5-6(8)7-2-4-12-10-7/h2,4,6,9H,1,3,5H2. The summed E-state index contributed by atoms with van der Waals surface area (Å²) in [6, 6.07) is 1.75. The van der Waals surface area contributed by atoms with E-state index < -0.39 is 0 Å². The lowest BCUT2D eigenvalue weighted by Crippen LogP contribution is -2.35. The van der Waals surface area contributed by atoms with E-state index in [0.717, 1.165) is 12.2 Å². The van der Waals surface area contributed by atoms with Crippen molar-refractivity contribution in [3.63, 3.8) is 0 Å². The number of ketones is 1. The summed E-state index contributed by atoms with van der Waals surface area (Å²) in [6.45, 7) is 1.47. The molecule has 1 atom stereocenters. The van der Waals surface area contributed by atoms with Crippen LogP contribution in [0.25, 0.3) is 0 Å². The first kappa shape index (κ1) is 7.49. The number of nitrogens with one attached hydrogen (secondary N) is 1. The lowest BCUT2D eigenvalue weighted by atomic mass is 9.95. The molecular formula is C8H10N2O2. The lowest BCUT2D eigenvalue weighted by Gasteiger charge is -2.18. The minimum absolute atomic E-state index is 0.0995. The van der Waals surface area contributed by atoms with Crippen LogP contribution in [0.5, 0.6) is 0 Å². The fourth-order valence-electron chi connectivity index (χ4n) is 1.42. The molecule has 0 aliphatic carbocycles. The van der Waals surface area contributed by atoms with E-state index in [4.69, 9.17) is 0 Å². The first-order valence-electron chi connectivity index (χ1n) is 4.01. The van der Waals surface area contributed by atoms with E-state index in [1.165, 1.54) is 6.26 Å². The van der Waals surface area contributed by atoms with Crippen LogP contribution in [-0.2, 0) is 4.79 Å². The second-order valence-electron chi connectivity index (χ2n) is 2.90. The van der Waals surface area contributed by atoms with Crippen molar-refractivity contribution in [2.45, 2.75) is 12.3 Å². The largest absolute Gasteiger partial charge is 0.364 e. The number of carbonyl (C=O) groups is 1. The number of Topliss-reactive ketones (excluding diaryl/α,β-unsaturated/α-hetero) is 1. The van der Waals surface area contributed by atoms with E-state index in [-0.39, 0.29) is 11.7 Å². The van der Waals surface area contributed by atoms with Crippen molar-refractivity contribution in [1.82, 2.24) is 10.5 Å². The van der Waals surface area contributed by atoms with Crippen LogP contribution in [-0.4, -0.2) is 24.0 Å². The molecule has 1 unspecified atom stereocenters. The smallest absolute Gasteiger partial charge is 0.144 e. The molecule has 2 rings (SSSR count). The summed E-state index contributed by atoms with van der Waals surface area (Å²) < 4.78 is 4.69. The van der Waals surface area contributed by atoms with Crippen molar-refractivity contribution < 1.29 is 9.32 Å². The summed E-state index contributed by atoms with van der Waals surface area (Å²) in [6.07, 6.45) is 2.09. The highest BCUT2D eigenvalue weighted by molar-refractivity contribution is 5.86. The molecule has 0 spiro atoms. The van der Waals surface area contributed by atoms with Crippen molar-refractivity contribution in [3.05, 3.63) is 18.0 Å². The van der Waals surface area contributed by atoms with Gasteiger partial charge in [0.15, 0.2) is 0 Å². The number of rotatable bonds is 1. The maximum atomic E-state index is 11.4. The van der Waals surface area contributed by atoms with Crippen LogP contribution in [0.2, 0.25) is 0 Å². The monoisotopic (exact) mass is 166 g/mol. The maximum Gasteiger partial charge on any atom is 0.144 e. The number of aromatic nitrogens is 1. The third kappa shape index (κ3) is 1.25. The summed E-state index contributed by atoms with van der Waals surface area (Å²) >= 11 is 0. The molecule has 0 saturated carbocycles. The average Bonchev–Trinajstić information content (AvgIpc) is 2.57. The van der Waals surface area contributed by atoms with Gasteiger partial charge in [0.05, 0.1) is 11.6 Å². The molecule has 4 nitrogen and oxygen atoms in total. The van der Waals surface area contributed by atoms with Crippen LogP contribution >= 0.6 is 0 Å². The molecule has 1 aliphatic rings. The number of nitrogens with zero attached hydrogens (tertiary/aromatic N) is 1. The number of piperidine rings is 1. The molecule has 0 amide bonds. The second kappa shape index (κ2) is 3.06. The van der Waals surface area contributed by atoms with Gasteiger partial charge in [0.2, 0.25) is 0 Å². The van der Waals surface area contributed by atoms with E-state index >= 15 is 0 Å². The molecule has 0 radical (unpaired) electrons. The summed E-state index contributed by atoms with van der Waals surface area (Å²) in [5, 5.41) is 6.91. The van der Waals surface area contributed by atoms with Crippen molar-refractivity contribution in [2.24, 2.45) is 0 Å². The third-order valence-corrected chi connectivity index (χ3v) is 2.10. The zero-order valence-electron chi connectivity index (χ0n) is 6.62. The fraction of sp³-hybridized carbons (Fsp3) is 0.500. The van der Waals surface area contributed by atoms with Crippen LogP contribution in [0.15, 0.2) is 16.9 Å². The summed E-state index contributed by atoms with van der Waals surface area (Å²) in [4.78, 5) is 11.4. The van der Waals surface area contributed by atoms with Gasteiger partial charge in [-0.15, -0.1) is 0 Å². The van der Waals surface area contributed by atoms with E-state index in [9.17, 15) is 4.79 Å². The Bertz CT molecular complexity index is 269. The minimum atomic E-state index is -0.0995. The van der Waals surface area contributed by atoms with Gasteiger partial charge >= 0.3 is 0 Å². The van der Waals surface area contributed by atoms with Gasteiger partial charge in [0, 0.05) is 25.6 Å². The molecule has 4 heteroatoms. The van der Waals surface area contributed by atoms with E-state index in [2.05, 4.69) is 15.0 Å².